The normalized spacial score (nSPS) is 19.1. The zero-order valence-corrected chi connectivity index (χ0v) is 10.5. The van der Waals surface area contributed by atoms with E-state index in [-0.39, 0.29) is 0 Å². The van der Waals surface area contributed by atoms with Crippen molar-refractivity contribution in [2.24, 2.45) is 5.73 Å². The summed E-state index contributed by atoms with van der Waals surface area (Å²) in [4.78, 5) is 2.52. The number of methoxy groups -OCH3 is 1. The Labute approximate surface area is 99.1 Å². The van der Waals surface area contributed by atoms with Gasteiger partial charge in [0.2, 0.25) is 0 Å². The number of hydrogen-bond donors (Lipinski definition) is 1. The van der Waals surface area contributed by atoms with E-state index in [1.807, 2.05) is 0 Å². The number of nitrogens with zero attached hydrogens (tertiary/aromatic N) is 1. The average molecular weight is 230 g/mol. The van der Waals surface area contributed by atoms with Crippen LogP contribution in [0.5, 0.6) is 0 Å². The summed E-state index contributed by atoms with van der Waals surface area (Å²) in [6.07, 6.45) is 5.13. The zero-order chi connectivity index (χ0) is 11.6. The Hall–Kier alpha value is -0.160. The highest BCUT2D eigenvalue weighted by atomic mass is 16.5. The van der Waals surface area contributed by atoms with Crippen LogP contribution in [-0.4, -0.2) is 57.5 Å². The van der Waals surface area contributed by atoms with Gasteiger partial charge in [-0.25, -0.2) is 0 Å². The van der Waals surface area contributed by atoms with Gasteiger partial charge in [0.25, 0.3) is 0 Å². The van der Waals surface area contributed by atoms with Gasteiger partial charge in [-0.1, -0.05) is 0 Å². The van der Waals surface area contributed by atoms with Gasteiger partial charge < -0.3 is 20.1 Å². The van der Waals surface area contributed by atoms with E-state index < -0.39 is 0 Å². The molecule has 0 aromatic rings. The van der Waals surface area contributed by atoms with Gasteiger partial charge in [0, 0.05) is 20.2 Å². The molecule has 0 radical (unpaired) electrons. The number of hydrogen-bond acceptors (Lipinski definition) is 4. The molecule has 0 aromatic carbocycles. The van der Waals surface area contributed by atoms with Gasteiger partial charge in [-0.05, 0) is 38.8 Å². The summed E-state index contributed by atoms with van der Waals surface area (Å²) < 4.78 is 10.7. The van der Waals surface area contributed by atoms with Crippen molar-refractivity contribution >= 4 is 0 Å². The van der Waals surface area contributed by atoms with E-state index in [0.29, 0.717) is 12.7 Å². The van der Waals surface area contributed by atoms with Crippen LogP contribution in [0.4, 0.5) is 0 Å². The third kappa shape index (κ3) is 5.80. The second-order valence-corrected chi connectivity index (χ2v) is 4.40. The number of nitrogens with two attached hydrogens (primary N) is 1. The van der Waals surface area contributed by atoms with Crippen molar-refractivity contribution in [2.75, 3.05) is 46.5 Å². The van der Waals surface area contributed by atoms with Crippen molar-refractivity contribution in [1.29, 1.82) is 0 Å². The molecule has 1 aliphatic heterocycles. The topological polar surface area (TPSA) is 47.7 Å². The molecule has 2 N–H and O–H groups in total. The lowest BCUT2D eigenvalue weighted by atomic mass is 10.1. The van der Waals surface area contributed by atoms with E-state index >= 15 is 0 Å². The fourth-order valence-corrected chi connectivity index (χ4v) is 2.08. The van der Waals surface area contributed by atoms with Crippen molar-refractivity contribution in [3.05, 3.63) is 0 Å². The van der Waals surface area contributed by atoms with Crippen LogP contribution in [0.2, 0.25) is 0 Å². The highest BCUT2D eigenvalue weighted by Gasteiger charge is 2.18. The minimum Gasteiger partial charge on any atom is -0.382 e. The Morgan fingerprint density at radius 1 is 1.19 bits per heavy atom. The molecule has 1 saturated heterocycles. The molecule has 0 atom stereocenters. The second kappa shape index (κ2) is 8.93. The van der Waals surface area contributed by atoms with Crippen molar-refractivity contribution in [3.8, 4) is 0 Å². The summed E-state index contributed by atoms with van der Waals surface area (Å²) in [5.41, 5.74) is 5.48. The van der Waals surface area contributed by atoms with Gasteiger partial charge in [0.15, 0.2) is 0 Å². The molecular weight excluding hydrogens is 204 g/mol. The van der Waals surface area contributed by atoms with Crippen LogP contribution in [0.15, 0.2) is 0 Å². The van der Waals surface area contributed by atoms with Crippen molar-refractivity contribution < 1.29 is 9.47 Å². The van der Waals surface area contributed by atoms with E-state index in [1.54, 1.807) is 7.11 Å². The molecule has 4 heteroatoms. The van der Waals surface area contributed by atoms with E-state index in [2.05, 4.69) is 4.90 Å². The van der Waals surface area contributed by atoms with Gasteiger partial charge >= 0.3 is 0 Å². The first-order valence-electron chi connectivity index (χ1n) is 6.39. The van der Waals surface area contributed by atoms with Gasteiger partial charge in [0.05, 0.1) is 19.3 Å². The molecule has 0 bridgehead atoms. The minimum atomic E-state index is 0.445. The molecule has 1 fully saturated rings. The Morgan fingerprint density at radius 3 is 2.56 bits per heavy atom. The lowest BCUT2D eigenvalue weighted by molar-refractivity contribution is -0.0147. The lowest BCUT2D eigenvalue weighted by Crippen LogP contribution is -2.38. The second-order valence-electron chi connectivity index (χ2n) is 4.40. The van der Waals surface area contributed by atoms with E-state index in [4.69, 9.17) is 15.2 Å². The van der Waals surface area contributed by atoms with Crippen LogP contribution < -0.4 is 5.73 Å². The summed E-state index contributed by atoms with van der Waals surface area (Å²) in [6.45, 7) is 5.79. The van der Waals surface area contributed by atoms with Crippen LogP contribution in [0, 0.1) is 0 Å². The van der Waals surface area contributed by atoms with Crippen LogP contribution in [0.3, 0.4) is 0 Å². The van der Waals surface area contributed by atoms with Crippen molar-refractivity contribution in [2.45, 2.75) is 31.8 Å². The first kappa shape index (κ1) is 13.9. The van der Waals surface area contributed by atoms with Gasteiger partial charge in [-0.3, -0.25) is 0 Å². The van der Waals surface area contributed by atoms with Gasteiger partial charge in [-0.2, -0.15) is 0 Å². The zero-order valence-electron chi connectivity index (χ0n) is 10.5. The molecule has 1 aliphatic rings. The maximum absolute atomic E-state index is 5.73. The summed E-state index contributed by atoms with van der Waals surface area (Å²) >= 11 is 0. The summed E-state index contributed by atoms with van der Waals surface area (Å²) in [7, 11) is 1.71. The molecule has 0 amide bonds. The van der Waals surface area contributed by atoms with Crippen LogP contribution in [0.25, 0.3) is 0 Å². The fraction of sp³-hybridized carbons (Fsp3) is 1.00. The number of likely N-dealkylation sites (tertiary alicyclic amines) is 1. The Balaban J connectivity index is 2.00. The van der Waals surface area contributed by atoms with E-state index in [1.165, 1.54) is 26.1 Å². The minimum absolute atomic E-state index is 0.445. The summed E-state index contributed by atoms with van der Waals surface area (Å²) in [5, 5.41) is 0. The fourth-order valence-electron chi connectivity index (χ4n) is 2.08. The maximum Gasteiger partial charge on any atom is 0.0704 e. The Bertz CT molecular complexity index is 141. The molecular formula is C12H26N2O2. The predicted molar refractivity (Wildman–Crippen MR) is 65.6 cm³/mol. The number of ether oxygens (including phenoxy) is 2. The molecule has 0 spiro atoms. The quantitative estimate of drug-likeness (QED) is 0.628. The van der Waals surface area contributed by atoms with Gasteiger partial charge in [-0.15, -0.1) is 0 Å². The SMILES string of the molecule is COCCOC1CCN(CCCCN)CC1. The largest absolute Gasteiger partial charge is 0.382 e. The smallest absolute Gasteiger partial charge is 0.0704 e. The molecule has 16 heavy (non-hydrogen) atoms. The van der Waals surface area contributed by atoms with Crippen LogP contribution in [0.1, 0.15) is 25.7 Å². The molecule has 0 aliphatic carbocycles. The lowest BCUT2D eigenvalue weighted by Gasteiger charge is -2.31. The molecule has 1 rings (SSSR count). The molecule has 0 unspecified atom stereocenters. The van der Waals surface area contributed by atoms with Crippen LogP contribution in [-0.2, 0) is 9.47 Å². The highest BCUT2D eigenvalue weighted by molar-refractivity contribution is 4.72. The van der Waals surface area contributed by atoms with E-state index in [9.17, 15) is 0 Å². The van der Waals surface area contributed by atoms with Gasteiger partial charge in [0.1, 0.15) is 0 Å². The predicted octanol–water partition coefficient (Wildman–Crippen LogP) is 0.853. The first-order valence-corrected chi connectivity index (χ1v) is 6.39. The maximum atomic E-state index is 5.73. The molecule has 0 saturated carbocycles. The average Bonchev–Trinajstić information content (AvgIpc) is 2.32. The van der Waals surface area contributed by atoms with Crippen molar-refractivity contribution in [3.63, 3.8) is 0 Å². The molecule has 96 valence electrons. The number of rotatable bonds is 8. The first-order chi connectivity index (χ1) is 7.86. The number of unbranched alkanes of at least 4 members (excludes halogenated alkanes) is 1. The Kier molecular flexibility index (Phi) is 7.76. The molecule has 4 nitrogen and oxygen atoms in total. The van der Waals surface area contributed by atoms with Crippen LogP contribution >= 0.6 is 0 Å². The Morgan fingerprint density at radius 2 is 1.94 bits per heavy atom. The third-order valence-corrected chi connectivity index (χ3v) is 3.10. The summed E-state index contributed by atoms with van der Waals surface area (Å²) in [5.74, 6) is 0. The standard InChI is InChI=1S/C12H26N2O2/c1-15-10-11-16-12-4-8-14(9-5-12)7-3-2-6-13/h12H,2-11,13H2,1H3. The molecule has 1 heterocycles. The van der Waals surface area contributed by atoms with E-state index in [0.717, 1.165) is 32.4 Å². The monoisotopic (exact) mass is 230 g/mol. The van der Waals surface area contributed by atoms with Crippen molar-refractivity contribution in [1.82, 2.24) is 4.90 Å². The summed E-state index contributed by atoms with van der Waals surface area (Å²) in [6, 6.07) is 0. The third-order valence-electron chi connectivity index (χ3n) is 3.10. The number of piperidine rings is 1. The highest BCUT2D eigenvalue weighted by Crippen LogP contribution is 2.13. The molecule has 0 aromatic heterocycles.